The van der Waals surface area contributed by atoms with Crippen LogP contribution in [0.2, 0.25) is 0 Å². The van der Waals surface area contributed by atoms with Crippen molar-refractivity contribution in [3.63, 3.8) is 0 Å². The Morgan fingerprint density at radius 1 is 0.950 bits per heavy atom. The molecule has 0 aromatic heterocycles. The fraction of sp³-hybridized carbons (Fsp3) is 0.133. The van der Waals surface area contributed by atoms with Gasteiger partial charge < -0.3 is 20.9 Å². The third-order valence-corrected chi connectivity index (χ3v) is 2.68. The van der Waals surface area contributed by atoms with E-state index in [0.717, 1.165) is 5.75 Å². The first-order valence-electron chi connectivity index (χ1n) is 6.17. The fourth-order valence-corrected chi connectivity index (χ4v) is 1.71. The molecule has 0 saturated carbocycles. The summed E-state index contributed by atoms with van der Waals surface area (Å²) >= 11 is 0. The van der Waals surface area contributed by atoms with E-state index in [1.54, 1.807) is 18.2 Å². The van der Waals surface area contributed by atoms with E-state index in [1.807, 2.05) is 30.3 Å². The lowest BCUT2D eigenvalue weighted by Gasteiger charge is -2.11. The highest BCUT2D eigenvalue weighted by Crippen LogP contribution is 2.24. The molecule has 0 aliphatic rings. The fourth-order valence-electron chi connectivity index (χ4n) is 1.71. The van der Waals surface area contributed by atoms with Crippen LogP contribution in [-0.4, -0.2) is 19.1 Å². The predicted octanol–water partition coefficient (Wildman–Crippen LogP) is 1.83. The Morgan fingerprint density at radius 2 is 1.65 bits per heavy atom. The number of benzene rings is 2. The number of para-hydroxylation sites is 2. The minimum absolute atomic E-state index is 0.250. The van der Waals surface area contributed by atoms with E-state index in [1.165, 1.54) is 0 Å². The Bertz CT molecular complexity index is 585. The summed E-state index contributed by atoms with van der Waals surface area (Å²) in [6.07, 6.45) is 0. The van der Waals surface area contributed by atoms with Gasteiger partial charge in [0.1, 0.15) is 24.7 Å². The van der Waals surface area contributed by atoms with Crippen LogP contribution in [0.4, 0.5) is 5.69 Å². The smallest absolute Gasteiger partial charge is 0.250 e. The third-order valence-electron chi connectivity index (χ3n) is 2.68. The van der Waals surface area contributed by atoms with Gasteiger partial charge in [-0.15, -0.1) is 0 Å². The molecule has 0 aliphatic heterocycles. The van der Waals surface area contributed by atoms with Gasteiger partial charge in [0.2, 0.25) is 0 Å². The van der Waals surface area contributed by atoms with Gasteiger partial charge in [-0.25, -0.2) is 0 Å². The van der Waals surface area contributed by atoms with Crippen LogP contribution < -0.4 is 20.9 Å². The first-order chi connectivity index (χ1) is 9.68. The molecule has 5 heteroatoms. The Balaban J connectivity index is 1.88. The molecule has 0 unspecified atom stereocenters. The monoisotopic (exact) mass is 272 g/mol. The van der Waals surface area contributed by atoms with Gasteiger partial charge in [0, 0.05) is 0 Å². The number of amides is 1. The highest BCUT2D eigenvalue weighted by Gasteiger charge is 2.10. The van der Waals surface area contributed by atoms with Gasteiger partial charge in [0.05, 0.1) is 11.3 Å². The van der Waals surface area contributed by atoms with Crippen molar-refractivity contribution in [3.8, 4) is 11.5 Å². The molecule has 0 heterocycles. The molecule has 4 N–H and O–H groups in total. The number of hydrogen-bond donors (Lipinski definition) is 2. The molecule has 0 aliphatic carbocycles. The average Bonchev–Trinajstić information content (AvgIpc) is 2.46. The Hall–Kier alpha value is -2.69. The molecule has 0 saturated heterocycles. The largest absolute Gasteiger partial charge is 0.490 e. The third kappa shape index (κ3) is 3.41. The normalized spacial score (nSPS) is 10.0. The Kier molecular flexibility index (Phi) is 4.44. The molecule has 0 atom stereocenters. The van der Waals surface area contributed by atoms with Crippen molar-refractivity contribution < 1.29 is 14.3 Å². The van der Waals surface area contributed by atoms with Gasteiger partial charge in [0.25, 0.3) is 5.91 Å². The molecule has 2 aromatic carbocycles. The zero-order valence-electron chi connectivity index (χ0n) is 10.9. The highest BCUT2D eigenvalue weighted by atomic mass is 16.5. The standard InChI is InChI=1S/C15H16N2O3/c16-14-12(15(17)18)7-4-8-13(14)20-10-9-19-11-5-2-1-3-6-11/h1-8H,9-10,16H2,(H2,17,18). The molecule has 0 bridgehead atoms. The lowest BCUT2D eigenvalue weighted by atomic mass is 10.1. The van der Waals surface area contributed by atoms with E-state index in [9.17, 15) is 4.79 Å². The number of carbonyl (C=O) groups is 1. The van der Waals surface area contributed by atoms with Crippen LogP contribution in [0, 0.1) is 0 Å². The van der Waals surface area contributed by atoms with Crippen molar-refractivity contribution in [3.05, 3.63) is 54.1 Å². The molecule has 1 amide bonds. The van der Waals surface area contributed by atoms with Crippen molar-refractivity contribution in [1.82, 2.24) is 0 Å². The summed E-state index contributed by atoms with van der Waals surface area (Å²) in [5.74, 6) is 0.626. The van der Waals surface area contributed by atoms with E-state index in [2.05, 4.69) is 0 Å². The molecular weight excluding hydrogens is 256 g/mol. The maximum atomic E-state index is 11.2. The Labute approximate surface area is 117 Å². The lowest BCUT2D eigenvalue weighted by Crippen LogP contribution is -2.15. The lowest BCUT2D eigenvalue weighted by molar-refractivity contribution is 0.100. The van der Waals surface area contributed by atoms with Crippen molar-refractivity contribution >= 4 is 11.6 Å². The van der Waals surface area contributed by atoms with Gasteiger partial charge in [-0.1, -0.05) is 24.3 Å². The van der Waals surface area contributed by atoms with Crippen molar-refractivity contribution in [2.75, 3.05) is 18.9 Å². The van der Waals surface area contributed by atoms with Crippen molar-refractivity contribution in [2.45, 2.75) is 0 Å². The number of primary amides is 1. The van der Waals surface area contributed by atoms with Crippen molar-refractivity contribution in [1.29, 1.82) is 0 Å². The second kappa shape index (κ2) is 6.47. The average molecular weight is 272 g/mol. The molecular formula is C15H16N2O3. The van der Waals surface area contributed by atoms with Crippen LogP contribution in [0.25, 0.3) is 0 Å². The zero-order valence-corrected chi connectivity index (χ0v) is 10.9. The molecule has 0 radical (unpaired) electrons. The number of anilines is 1. The van der Waals surface area contributed by atoms with Crippen LogP contribution in [0.5, 0.6) is 11.5 Å². The number of nitrogen functional groups attached to an aromatic ring is 1. The molecule has 20 heavy (non-hydrogen) atoms. The minimum Gasteiger partial charge on any atom is -0.490 e. The number of ether oxygens (including phenoxy) is 2. The zero-order chi connectivity index (χ0) is 14.4. The van der Waals surface area contributed by atoms with E-state index in [0.29, 0.717) is 19.0 Å². The van der Waals surface area contributed by atoms with Crippen LogP contribution >= 0.6 is 0 Å². The summed E-state index contributed by atoms with van der Waals surface area (Å²) in [4.78, 5) is 11.2. The summed E-state index contributed by atoms with van der Waals surface area (Å²) < 4.78 is 11.0. The summed E-state index contributed by atoms with van der Waals surface area (Å²) in [6, 6.07) is 14.3. The molecule has 0 fully saturated rings. The summed E-state index contributed by atoms with van der Waals surface area (Å²) in [7, 11) is 0. The number of carbonyl (C=O) groups excluding carboxylic acids is 1. The predicted molar refractivity (Wildman–Crippen MR) is 76.8 cm³/mol. The van der Waals surface area contributed by atoms with Crippen LogP contribution in [0.15, 0.2) is 48.5 Å². The van der Waals surface area contributed by atoms with Gasteiger partial charge in [0.15, 0.2) is 0 Å². The van der Waals surface area contributed by atoms with E-state index in [4.69, 9.17) is 20.9 Å². The van der Waals surface area contributed by atoms with Crippen LogP contribution in [0.3, 0.4) is 0 Å². The van der Waals surface area contributed by atoms with Gasteiger partial charge in [-0.2, -0.15) is 0 Å². The van der Waals surface area contributed by atoms with E-state index < -0.39 is 5.91 Å². The maximum absolute atomic E-state index is 11.2. The molecule has 2 rings (SSSR count). The van der Waals surface area contributed by atoms with Gasteiger partial charge in [-0.05, 0) is 24.3 Å². The van der Waals surface area contributed by atoms with Gasteiger partial charge in [-0.3, -0.25) is 4.79 Å². The molecule has 0 spiro atoms. The highest BCUT2D eigenvalue weighted by molar-refractivity contribution is 5.99. The number of rotatable bonds is 6. The topological polar surface area (TPSA) is 87.6 Å². The molecule has 2 aromatic rings. The van der Waals surface area contributed by atoms with Crippen LogP contribution in [0.1, 0.15) is 10.4 Å². The molecule has 5 nitrogen and oxygen atoms in total. The Morgan fingerprint density at radius 3 is 2.35 bits per heavy atom. The first kappa shape index (κ1) is 13.7. The molecule has 104 valence electrons. The first-order valence-corrected chi connectivity index (χ1v) is 6.17. The van der Waals surface area contributed by atoms with Gasteiger partial charge >= 0.3 is 0 Å². The van der Waals surface area contributed by atoms with Crippen molar-refractivity contribution in [2.24, 2.45) is 5.73 Å². The second-order valence-electron chi connectivity index (χ2n) is 4.09. The number of hydrogen-bond acceptors (Lipinski definition) is 4. The van der Waals surface area contributed by atoms with Crippen LogP contribution in [-0.2, 0) is 0 Å². The summed E-state index contributed by atoms with van der Waals surface area (Å²) in [6.45, 7) is 0.700. The SMILES string of the molecule is NC(=O)c1cccc(OCCOc2ccccc2)c1N. The van der Waals surface area contributed by atoms with E-state index in [-0.39, 0.29) is 11.3 Å². The minimum atomic E-state index is -0.575. The quantitative estimate of drug-likeness (QED) is 0.620. The summed E-state index contributed by atoms with van der Waals surface area (Å²) in [5.41, 5.74) is 11.5. The maximum Gasteiger partial charge on any atom is 0.250 e. The van der Waals surface area contributed by atoms with E-state index >= 15 is 0 Å². The summed E-state index contributed by atoms with van der Waals surface area (Å²) in [5, 5.41) is 0. The second-order valence-corrected chi connectivity index (χ2v) is 4.09. The number of nitrogens with two attached hydrogens (primary N) is 2.